The summed E-state index contributed by atoms with van der Waals surface area (Å²) in [6, 6.07) is 6.62. The quantitative estimate of drug-likeness (QED) is 0.235. The second-order valence-electron chi connectivity index (χ2n) is 9.44. The second kappa shape index (κ2) is 10.7. The van der Waals surface area contributed by atoms with Gasteiger partial charge in [-0.1, -0.05) is 47.6 Å². The fourth-order valence-corrected chi connectivity index (χ4v) is 10.4. The van der Waals surface area contributed by atoms with Gasteiger partial charge < -0.3 is 18.9 Å². The van der Waals surface area contributed by atoms with Crippen LogP contribution in [0.25, 0.3) is 11.0 Å². The van der Waals surface area contributed by atoms with E-state index in [1.165, 1.54) is 6.07 Å². The first-order chi connectivity index (χ1) is 16.1. The van der Waals surface area contributed by atoms with Crippen LogP contribution in [0.4, 0.5) is 15.8 Å². The summed E-state index contributed by atoms with van der Waals surface area (Å²) in [6.45, 7) is 15.6. The monoisotopic (exact) mass is 486 g/mol. The number of anilines is 2. The Morgan fingerprint density at radius 2 is 1.79 bits per heavy atom. The number of fused-ring (bicyclic) bond motifs is 1. The molecule has 0 radical (unpaired) electrons. The number of furan rings is 1. The lowest BCUT2D eigenvalue weighted by Gasteiger charge is -2.54. The average Bonchev–Trinajstić information content (AvgIpc) is 3.14. The molecule has 1 N–H and O–H groups in total. The number of benzene rings is 1. The standard InChI is InChI=1S/C26H35FN2O4Si/c1-8-31-26(30)25-24(20-14-28-12-11-23(20)33-25)29-22-10-9-19(13-21(22)27)15-32-34(16(2)3,17(4)5)18(6)7/h9-14,16-18,29H,8,15H2,1-7H3/q-1. The van der Waals surface area contributed by atoms with Crippen LogP contribution in [0.1, 0.15) is 64.6 Å². The zero-order valence-electron chi connectivity index (χ0n) is 21.1. The lowest BCUT2D eigenvalue weighted by Crippen LogP contribution is -2.47. The number of carbonyl (C=O) groups excluding carboxylic acids is 1. The van der Waals surface area contributed by atoms with Crippen LogP contribution in [0.3, 0.4) is 0 Å². The summed E-state index contributed by atoms with van der Waals surface area (Å²) in [5.74, 6) is -1.08. The maximum atomic E-state index is 15.1. The summed E-state index contributed by atoms with van der Waals surface area (Å²) in [7, 11) is -2.06. The van der Waals surface area contributed by atoms with Crippen molar-refractivity contribution in [2.45, 2.75) is 71.7 Å². The molecule has 0 saturated heterocycles. The normalized spacial score (nSPS) is 12.2. The van der Waals surface area contributed by atoms with Gasteiger partial charge in [0.25, 0.3) is 0 Å². The number of rotatable bonds is 10. The van der Waals surface area contributed by atoms with E-state index in [0.29, 0.717) is 39.9 Å². The van der Waals surface area contributed by atoms with Gasteiger partial charge >= 0.3 is 5.97 Å². The summed E-state index contributed by atoms with van der Waals surface area (Å²) < 4.78 is 32.5. The van der Waals surface area contributed by atoms with E-state index in [4.69, 9.17) is 13.6 Å². The van der Waals surface area contributed by atoms with Crippen molar-refractivity contribution in [3.8, 4) is 0 Å². The third-order valence-electron chi connectivity index (χ3n) is 6.44. The minimum Gasteiger partial charge on any atom is -0.561 e. The van der Waals surface area contributed by atoms with Crippen molar-refractivity contribution in [2.75, 3.05) is 11.9 Å². The molecule has 6 nitrogen and oxygen atoms in total. The third kappa shape index (κ3) is 5.03. The smallest absolute Gasteiger partial charge is 0.376 e. The largest absolute Gasteiger partial charge is 0.561 e. The van der Waals surface area contributed by atoms with Gasteiger partial charge in [0.05, 0.1) is 17.7 Å². The van der Waals surface area contributed by atoms with Crippen molar-refractivity contribution in [2.24, 2.45) is 0 Å². The lowest BCUT2D eigenvalue weighted by molar-refractivity contribution is 0.0494. The Kier molecular flexibility index (Phi) is 8.15. The SMILES string of the molecule is CCOC(=O)c1oc2ccncc2c1Nc1ccc(CO[Si-](C(C)C)(C(C)C)C(C)C)cc1F. The fraction of sp³-hybridized carbons (Fsp3) is 0.462. The first-order valence-corrected chi connectivity index (χ1v) is 14.0. The molecule has 34 heavy (non-hydrogen) atoms. The van der Waals surface area contributed by atoms with E-state index in [0.717, 1.165) is 5.56 Å². The van der Waals surface area contributed by atoms with Gasteiger partial charge in [0.2, 0.25) is 5.76 Å². The van der Waals surface area contributed by atoms with E-state index in [9.17, 15) is 4.79 Å². The minimum absolute atomic E-state index is 0.0155. The molecule has 3 aromatic rings. The molecular formula is C26H35FN2O4Si-. The Hall–Kier alpha value is -2.71. The molecule has 8 heteroatoms. The molecule has 3 rings (SSSR count). The van der Waals surface area contributed by atoms with Crippen molar-refractivity contribution in [1.82, 2.24) is 4.98 Å². The predicted molar refractivity (Wildman–Crippen MR) is 135 cm³/mol. The van der Waals surface area contributed by atoms with Crippen LogP contribution < -0.4 is 5.32 Å². The van der Waals surface area contributed by atoms with Crippen LogP contribution in [0.15, 0.2) is 41.1 Å². The van der Waals surface area contributed by atoms with Gasteiger partial charge in [-0.3, -0.25) is 4.98 Å². The van der Waals surface area contributed by atoms with Gasteiger partial charge in [-0.25, -0.2) is 9.18 Å². The highest BCUT2D eigenvalue weighted by atomic mass is 28.4. The molecular weight excluding hydrogens is 451 g/mol. The van der Waals surface area contributed by atoms with Crippen molar-refractivity contribution in [1.29, 1.82) is 0 Å². The van der Waals surface area contributed by atoms with Crippen molar-refractivity contribution < 1.29 is 22.8 Å². The van der Waals surface area contributed by atoms with Gasteiger partial charge in [0.1, 0.15) is 17.1 Å². The Morgan fingerprint density at radius 1 is 1.12 bits per heavy atom. The van der Waals surface area contributed by atoms with E-state index in [-0.39, 0.29) is 18.1 Å². The Morgan fingerprint density at radius 3 is 2.38 bits per heavy atom. The van der Waals surface area contributed by atoms with Crippen LogP contribution in [0.5, 0.6) is 0 Å². The molecule has 0 spiro atoms. The summed E-state index contributed by atoms with van der Waals surface area (Å²) in [4.78, 5) is 16.5. The van der Waals surface area contributed by atoms with Crippen LogP contribution in [0.2, 0.25) is 16.6 Å². The number of esters is 1. The third-order valence-corrected chi connectivity index (χ3v) is 12.5. The number of hydrogen-bond donors (Lipinski definition) is 1. The summed E-state index contributed by atoms with van der Waals surface area (Å²) in [5, 5.41) is 3.58. The van der Waals surface area contributed by atoms with Gasteiger partial charge in [-0.2, -0.15) is 0 Å². The molecule has 0 fully saturated rings. The highest BCUT2D eigenvalue weighted by Crippen LogP contribution is 2.43. The Bertz CT molecular complexity index is 1120. The molecule has 0 aliphatic rings. The highest BCUT2D eigenvalue weighted by Gasteiger charge is 2.32. The Balaban J connectivity index is 1.88. The van der Waals surface area contributed by atoms with Crippen LogP contribution in [0, 0.1) is 5.82 Å². The molecule has 2 heterocycles. The average molecular weight is 487 g/mol. The number of ether oxygens (including phenoxy) is 1. The number of nitrogens with one attached hydrogen (secondary N) is 1. The van der Waals surface area contributed by atoms with Gasteiger partial charge in [-0.05, 0) is 39.0 Å². The molecule has 0 bridgehead atoms. The number of aromatic nitrogens is 1. The molecule has 0 amide bonds. The zero-order valence-corrected chi connectivity index (χ0v) is 22.1. The number of nitrogens with zero attached hydrogens (tertiary/aromatic N) is 1. The maximum absolute atomic E-state index is 15.1. The van der Waals surface area contributed by atoms with Crippen molar-refractivity contribution >= 4 is 36.6 Å². The van der Waals surface area contributed by atoms with Gasteiger partial charge in [-0.15, -0.1) is 16.6 Å². The number of halogens is 1. The van der Waals surface area contributed by atoms with Gasteiger partial charge in [0, 0.05) is 19.0 Å². The lowest BCUT2D eigenvalue weighted by atomic mass is 10.2. The number of pyridine rings is 1. The molecule has 185 valence electrons. The number of carbonyl (C=O) groups is 1. The first kappa shape index (κ1) is 25.9. The van der Waals surface area contributed by atoms with E-state index in [2.05, 4.69) is 51.8 Å². The second-order valence-corrected chi connectivity index (χ2v) is 14.9. The van der Waals surface area contributed by atoms with Crippen LogP contribution in [-0.2, 0) is 15.8 Å². The molecule has 0 aliphatic carbocycles. The summed E-state index contributed by atoms with van der Waals surface area (Å²) >= 11 is 0. The van der Waals surface area contributed by atoms with E-state index in [1.54, 1.807) is 31.5 Å². The van der Waals surface area contributed by atoms with Crippen LogP contribution >= 0.6 is 0 Å². The Labute approximate surface area is 202 Å². The topological polar surface area (TPSA) is 73.6 Å². The molecule has 0 aliphatic heterocycles. The van der Waals surface area contributed by atoms with Crippen molar-refractivity contribution in [3.63, 3.8) is 0 Å². The van der Waals surface area contributed by atoms with Gasteiger partial charge in [0.15, 0.2) is 0 Å². The fourth-order valence-electron chi connectivity index (χ4n) is 5.00. The predicted octanol–water partition coefficient (Wildman–Crippen LogP) is 7.58. The summed E-state index contributed by atoms with van der Waals surface area (Å²) in [5.41, 5.74) is 3.12. The highest BCUT2D eigenvalue weighted by molar-refractivity contribution is 6.77. The maximum Gasteiger partial charge on any atom is 0.376 e. The minimum atomic E-state index is -2.06. The molecule has 0 atom stereocenters. The van der Waals surface area contributed by atoms with E-state index < -0.39 is 20.1 Å². The molecule has 0 saturated carbocycles. The summed E-state index contributed by atoms with van der Waals surface area (Å²) in [6.07, 6.45) is 3.13. The van der Waals surface area contributed by atoms with E-state index in [1.807, 2.05) is 6.07 Å². The van der Waals surface area contributed by atoms with Crippen LogP contribution in [-0.4, -0.2) is 25.9 Å². The molecule has 0 unspecified atom stereocenters. The molecule has 1 aromatic carbocycles. The molecule has 2 aromatic heterocycles. The number of hydrogen-bond acceptors (Lipinski definition) is 6. The first-order valence-electron chi connectivity index (χ1n) is 11.8. The van der Waals surface area contributed by atoms with Crippen molar-refractivity contribution in [3.05, 3.63) is 53.8 Å². The zero-order chi connectivity index (χ0) is 25.0. The van der Waals surface area contributed by atoms with E-state index >= 15 is 4.39 Å².